The third kappa shape index (κ3) is 2.28. The van der Waals surface area contributed by atoms with Gasteiger partial charge in [-0.2, -0.15) is 0 Å². The summed E-state index contributed by atoms with van der Waals surface area (Å²) in [5.41, 5.74) is 1.54. The van der Waals surface area contributed by atoms with Crippen LogP contribution in [0.25, 0.3) is 11.5 Å². The first kappa shape index (κ1) is 14.6. The van der Waals surface area contributed by atoms with Gasteiger partial charge < -0.3 is 4.42 Å². The molecular formula is C17H10ClN3O3. The SMILES string of the molecule is O=C1C(=O)N(Cc2nnc(-c3ccccc3Cl)o2)c2ccccc21. The van der Waals surface area contributed by atoms with E-state index in [2.05, 4.69) is 10.2 Å². The van der Waals surface area contributed by atoms with E-state index in [1.54, 1.807) is 42.5 Å². The number of benzene rings is 2. The minimum atomic E-state index is -0.603. The molecule has 0 saturated heterocycles. The van der Waals surface area contributed by atoms with E-state index in [1.165, 1.54) is 4.90 Å². The fraction of sp³-hybridized carbons (Fsp3) is 0.0588. The van der Waals surface area contributed by atoms with Gasteiger partial charge in [-0.25, -0.2) is 0 Å². The molecule has 0 unspecified atom stereocenters. The lowest BCUT2D eigenvalue weighted by Gasteiger charge is -2.13. The first-order valence-corrected chi connectivity index (χ1v) is 7.55. The summed E-state index contributed by atoms with van der Waals surface area (Å²) in [5.74, 6) is -0.644. The molecule has 7 heteroatoms. The number of halogens is 1. The summed E-state index contributed by atoms with van der Waals surface area (Å²) in [6, 6.07) is 13.9. The Labute approximate surface area is 141 Å². The van der Waals surface area contributed by atoms with Gasteiger partial charge in [0.15, 0.2) is 0 Å². The van der Waals surface area contributed by atoms with Crippen molar-refractivity contribution in [3.05, 3.63) is 65.0 Å². The largest absolute Gasteiger partial charge is 0.419 e. The van der Waals surface area contributed by atoms with Gasteiger partial charge in [0.2, 0.25) is 11.8 Å². The smallest absolute Gasteiger partial charge is 0.299 e. The van der Waals surface area contributed by atoms with Crippen LogP contribution in [-0.2, 0) is 11.3 Å². The minimum absolute atomic E-state index is 0.0268. The van der Waals surface area contributed by atoms with E-state index in [4.69, 9.17) is 16.0 Å². The van der Waals surface area contributed by atoms with E-state index in [9.17, 15) is 9.59 Å². The molecule has 2 aromatic carbocycles. The maximum Gasteiger partial charge on any atom is 0.299 e. The Morgan fingerprint density at radius 3 is 2.46 bits per heavy atom. The van der Waals surface area contributed by atoms with Gasteiger partial charge in [0.05, 0.1) is 21.8 Å². The summed E-state index contributed by atoms with van der Waals surface area (Å²) in [5, 5.41) is 8.41. The average Bonchev–Trinajstić information content (AvgIpc) is 3.15. The zero-order valence-corrected chi connectivity index (χ0v) is 13.0. The second kappa shape index (κ2) is 5.58. The van der Waals surface area contributed by atoms with Crippen LogP contribution >= 0.6 is 11.6 Å². The number of anilines is 1. The molecular weight excluding hydrogens is 330 g/mol. The number of hydrogen-bond acceptors (Lipinski definition) is 5. The molecule has 0 bridgehead atoms. The molecule has 0 spiro atoms. The van der Waals surface area contributed by atoms with Gasteiger partial charge in [0.1, 0.15) is 6.54 Å². The number of aromatic nitrogens is 2. The number of fused-ring (bicyclic) bond motifs is 1. The van der Waals surface area contributed by atoms with E-state index < -0.39 is 11.7 Å². The normalized spacial score (nSPS) is 13.5. The van der Waals surface area contributed by atoms with Crippen molar-refractivity contribution in [2.75, 3.05) is 4.90 Å². The Morgan fingerprint density at radius 1 is 0.958 bits per heavy atom. The highest BCUT2D eigenvalue weighted by molar-refractivity contribution is 6.52. The lowest BCUT2D eigenvalue weighted by atomic mass is 10.1. The van der Waals surface area contributed by atoms with Crippen LogP contribution in [0, 0.1) is 0 Å². The number of hydrogen-bond donors (Lipinski definition) is 0. The molecule has 1 aromatic heterocycles. The van der Waals surface area contributed by atoms with Crippen molar-refractivity contribution in [2.24, 2.45) is 0 Å². The quantitative estimate of drug-likeness (QED) is 0.685. The van der Waals surface area contributed by atoms with Crippen molar-refractivity contribution in [1.29, 1.82) is 0 Å². The molecule has 0 radical (unpaired) electrons. The van der Waals surface area contributed by atoms with E-state index in [1.807, 2.05) is 6.07 Å². The molecule has 0 aliphatic carbocycles. The summed E-state index contributed by atoms with van der Waals surface area (Å²) >= 11 is 6.11. The van der Waals surface area contributed by atoms with Gasteiger partial charge >= 0.3 is 0 Å². The molecule has 2 heterocycles. The van der Waals surface area contributed by atoms with Gasteiger partial charge in [-0.1, -0.05) is 35.9 Å². The summed E-state index contributed by atoms with van der Waals surface area (Å²) < 4.78 is 5.60. The molecule has 118 valence electrons. The Bertz CT molecular complexity index is 967. The van der Waals surface area contributed by atoms with Crippen LogP contribution in [0.4, 0.5) is 5.69 Å². The molecule has 4 rings (SSSR count). The molecule has 1 amide bonds. The highest BCUT2D eigenvalue weighted by Gasteiger charge is 2.36. The fourth-order valence-corrected chi connectivity index (χ4v) is 2.82. The van der Waals surface area contributed by atoms with Gasteiger partial charge in [-0.3, -0.25) is 14.5 Å². The van der Waals surface area contributed by atoms with Gasteiger partial charge in [0, 0.05) is 0 Å². The standard InChI is InChI=1S/C17H10ClN3O3/c18-12-7-3-1-5-10(12)16-20-19-14(24-16)9-21-13-8-4-2-6-11(13)15(22)17(21)23/h1-8H,9H2. The van der Waals surface area contributed by atoms with Gasteiger partial charge in [-0.15, -0.1) is 10.2 Å². The number of carbonyl (C=O) groups excluding carboxylic acids is 2. The molecule has 1 aliphatic heterocycles. The monoisotopic (exact) mass is 339 g/mol. The second-order valence-corrected chi connectivity index (χ2v) is 5.63. The number of para-hydroxylation sites is 1. The minimum Gasteiger partial charge on any atom is -0.419 e. The van der Waals surface area contributed by atoms with Crippen molar-refractivity contribution in [1.82, 2.24) is 10.2 Å². The molecule has 24 heavy (non-hydrogen) atoms. The third-order valence-electron chi connectivity index (χ3n) is 3.74. The van der Waals surface area contributed by atoms with Crippen molar-refractivity contribution in [2.45, 2.75) is 6.54 Å². The first-order chi connectivity index (χ1) is 11.6. The van der Waals surface area contributed by atoms with Crippen LogP contribution in [0.1, 0.15) is 16.2 Å². The van der Waals surface area contributed by atoms with Crippen LogP contribution in [0.15, 0.2) is 52.9 Å². The fourth-order valence-electron chi connectivity index (χ4n) is 2.60. The molecule has 0 atom stereocenters. The Kier molecular flexibility index (Phi) is 3.39. The average molecular weight is 340 g/mol. The summed E-state index contributed by atoms with van der Waals surface area (Å²) in [4.78, 5) is 25.5. The van der Waals surface area contributed by atoms with Gasteiger partial charge in [0.25, 0.3) is 11.7 Å². The molecule has 0 saturated carbocycles. The van der Waals surface area contributed by atoms with E-state index in [-0.39, 0.29) is 18.3 Å². The van der Waals surface area contributed by atoms with Crippen LogP contribution < -0.4 is 4.90 Å². The number of carbonyl (C=O) groups is 2. The van der Waals surface area contributed by atoms with Crippen LogP contribution in [0.3, 0.4) is 0 Å². The van der Waals surface area contributed by atoms with Crippen LogP contribution in [0.5, 0.6) is 0 Å². The first-order valence-electron chi connectivity index (χ1n) is 7.17. The van der Waals surface area contributed by atoms with Gasteiger partial charge in [-0.05, 0) is 24.3 Å². The Balaban J connectivity index is 1.65. The number of amides is 1. The molecule has 6 nitrogen and oxygen atoms in total. The summed E-state index contributed by atoms with van der Waals surface area (Å²) in [6.07, 6.45) is 0. The number of ketones is 1. The predicted molar refractivity (Wildman–Crippen MR) is 86.7 cm³/mol. The number of nitrogens with zero attached hydrogens (tertiary/aromatic N) is 3. The van der Waals surface area contributed by atoms with Crippen molar-refractivity contribution >= 4 is 29.0 Å². The molecule has 0 fully saturated rings. The summed E-state index contributed by atoms with van der Waals surface area (Å²) in [6.45, 7) is 0.0268. The zero-order chi connectivity index (χ0) is 16.7. The maximum atomic E-state index is 12.2. The van der Waals surface area contributed by atoms with E-state index in [0.717, 1.165) is 0 Å². The Morgan fingerprint density at radius 2 is 1.67 bits per heavy atom. The maximum absolute atomic E-state index is 12.2. The highest BCUT2D eigenvalue weighted by Crippen LogP contribution is 2.31. The van der Waals surface area contributed by atoms with E-state index >= 15 is 0 Å². The molecule has 3 aromatic rings. The van der Waals surface area contributed by atoms with Crippen molar-refractivity contribution in [3.8, 4) is 11.5 Å². The predicted octanol–water partition coefficient (Wildman–Crippen LogP) is 3.12. The van der Waals surface area contributed by atoms with Crippen molar-refractivity contribution in [3.63, 3.8) is 0 Å². The topological polar surface area (TPSA) is 76.3 Å². The molecule has 0 N–H and O–H groups in total. The highest BCUT2D eigenvalue weighted by atomic mass is 35.5. The van der Waals surface area contributed by atoms with Crippen molar-refractivity contribution < 1.29 is 14.0 Å². The summed E-state index contributed by atoms with van der Waals surface area (Å²) in [7, 11) is 0. The zero-order valence-electron chi connectivity index (χ0n) is 12.3. The van der Waals surface area contributed by atoms with Crippen LogP contribution in [-0.4, -0.2) is 21.9 Å². The lowest BCUT2D eigenvalue weighted by Crippen LogP contribution is -2.29. The van der Waals surface area contributed by atoms with E-state index in [0.29, 0.717) is 21.8 Å². The number of Topliss-reactive ketones (excluding diaryl/α,β-unsaturated/α-hetero) is 1. The Hall–Kier alpha value is -2.99. The second-order valence-electron chi connectivity index (χ2n) is 5.22. The lowest BCUT2D eigenvalue weighted by molar-refractivity contribution is -0.114. The number of rotatable bonds is 3. The van der Waals surface area contributed by atoms with Crippen LogP contribution in [0.2, 0.25) is 5.02 Å². The molecule has 1 aliphatic rings. The third-order valence-corrected chi connectivity index (χ3v) is 4.07.